The highest BCUT2D eigenvalue weighted by atomic mass is 19.1. The molecule has 0 bridgehead atoms. The lowest BCUT2D eigenvalue weighted by molar-refractivity contribution is -0.126. The van der Waals surface area contributed by atoms with E-state index in [-0.39, 0.29) is 30.1 Å². The summed E-state index contributed by atoms with van der Waals surface area (Å²) in [6.07, 6.45) is 1.39. The van der Waals surface area contributed by atoms with E-state index in [4.69, 9.17) is 4.74 Å². The second kappa shape index (κ2) is 11.4. The van der Waals surface area contributed by atoms with Gasteiger partial charge in [-0.05, 0) is 67.9 Å². The van der Waals surface area contributed by atoms with Gasteiger partial charge in [-0.25, -0.2) is 4.39 Å². The van der Waals surface area contributed by atoms with Crippen LogP contribution in [0, 0.1) is 11.7 Å². The van der Waals surface area contributed by atoms with Gasteiger partial charge in [0.15, 0.2) is 0 Å². The summed E-state index contributed by atoms with van der Waals surface area (Å²) in [7, 11) is 0. The third kappa shape index (κ3) is 6.89. The van der Waals surface area contributed by atoms with Crippen molar-refractivity contribution in [2.45, 2.75) is 19.4 Å². The van der Waals surface area contributed by atoms with Gasteiger partial charge in [-0.3, -0.25) is 14.5 Å². The number of rotatable bonds is 8. The summed E-state index contributed by atoms with van der Waals surface area (Å²) in [5.74, 6) is 0.915. The molecule has 0 radical (unpaired) electrons. The number of anilines is 1. The number of benzene rings is 3. The van der Waals surface area contributed by atoms with Crippen molar-refractivity contribution in [3.63, 3.8) is 0 Å². The molecule has 1 heterocycles. The number of piperidine rings is 1. The van der Waals surface area contributed by atoms with Crippen LogP contribution in [0.1, 0.15) is 18.4 Å². The molecule has 34 heavy (non-hydrogen) atoms. The first kappa shape index (κ1) is 23.4. The standard InChI is InChI=1S/C27H28FN3O3/c28-22-11-9-20(10-12-22)18-29-27(33)21-13-15-31(16-14-21)19-26(32)30-23-5-4-8-25(17-23)34-24-6-2-1-3-7-24/h1-12,17,21H,13-16,18-19H2,(H,29,33)(H,30,32). The molecule has 3 aromatic carbocycles. The van der Waals surface area contributed by atoms with E-state index in [9.17, 15) is 14.0 Å². The average Bonchev–Trinajstić information content (AvgIpc) is 2.85. The Hall–Kier alpha value is -3.71. The number of halogens is 1. The Morgan fingerprint density at radius 1 is 0.912 bits per heavy atom. The van der Waals surface area contributed by atoms with Crippen molar-refractivity contribution in [1.82, 2.24) is 10.2 Å². The lowest BCUT2D eigenvalue weighted by Gasteiger charge is -2.30. The molecule has 3 aromatic rings. The molecular formula is C27H28FN3O3. The lowest BCUT2D eigenvalue weighted by Crippen LogP contribution is -2.43. The maximum atomic E-state index is 13.0. The maximum Gasteiger partial charge on any atom is 0.238 e. The predicted octanol–water partition coefficient (Wildman–Crippen LogP) is 4.58. The Labute approximate surface area is 198 Å². The number of nitrogens with one attached hydrogen (secondary N) is 2. The lowest BCUT2D eigenvalue weighted by atomic mass is 9.96. The Kier molecular flexibility index (Phi) is 7.88. The second-order valence-electron chi connectivity index (χ2n) is 8.39. The van der Waals surface area contributed by atoms with Crippen LogP contribution in [-0.2, 0) is 16.1 Å². The molecule has 6 nitrogen and oxygen atoms in total. The number of para-hydroxylation sites is 1. The molecule has 0 saturated carbocycles. The van der Waals surface area contributed by atoms with Gasteiger partial charge in [0.25, 0.3) is 0 Å². The number of hydrogen-bond donors (Lipinski definition) is 2. The van der Waals surface area contributed by atoms with Crippen molar-refractivity contribution in [1.29, 1.82) is 0 Å². The predicted molar refractivity (Wildman–Crippen MR) is 129 cm³/mol. The van der Waals surface area contributed by atoms with E-state index in [1.807, 2.05) is 48.5 Å². The molecule has 2 N–H and O–H groups in total. The molecule has 4 rings (SSSR count). The van der Waals surface area contributed by atoms with Crippen molar-refractivity contribution in [2.24, 2.45) is 5.92 Å². The topological polar surface area (TPSA) is 70.7 Å². The highest BCUT2D eigenvalue weighted by Crippen LogP contribution is 2.24. The highest BCUT2D eigenvalue weighted by Gasteiger charge is 2.25. The molecule has 1 saturated heterocycles. The van der Waals surface area contributed by atoms with Gasteiger partial charge in [0.1, 0.15) is 17.3 Å². The Bertz CT molecular complexity index is 1100. The van der Waals surface area contributed by atoms with Gasteiger partial charge in [0.2, 0.25) is 11.8 Å². The molecule has 7 heteroatoms. The van der Waals surface area contributed by atoms with Gasteiger partial charge in [-0.2, -0.15) is 0 Å². The molecule has 1 aliphatic rings. The average molecular weight is 462 g/mol. The third-order valence-corrected chi connectivity index (χ3v) is 5.80. The second-order valence-corrected chi connectivity index (χ2v) is 8.39. The van der Waals surface area contributed by atoms with E-state index < -0.39 is 0 Å². The van der Waals surface area contributed by atoms with Gasteiger partial charge < -0.3 is 15.4 Å². The molecule has 0 atom stereocenters. The van der Waals surface area contributed by atoms with E-state index in [1.54, 1.807) is 18.2 Å². The number of carbonyl (C=O) groups excluding carboxylic acids is 2. The first-order valence-electron chi connectivity index (χ1n) is 11.4. The first-order valence-corrected chi connectivity index (χ1v) is 11.4. The molecule has 1 fully saturated rings. The van der Waals surface area contributed by atoms with Gasteiger partial charge in [-0.15, -0.1) is 0 Å². The summed E-state index contributed by atoms with van der Waals surface area (Å²) < 4.78 is 18.8. The normalized spacial score (nSPS) is 14.4. The number of likely N-dealkylation sites (tertiary alicyclic amines) is 1. The Morgan fingerprint density at radius 3 is 2.35 bits per heavy atom. The Balaban J connectivity index is 1.20. The van der Waals surface area contributed by atoms with E-state index >= 15 is 0 Å². The van der Waals surface area contributed by atoms with Gasteiger partial charge >= 0.3 is 0 Å². The molecule has 0 aromatic heterocycles. The molecule has 0 unspecified atom stereocenters. The van der Waals surface area contributed by atoms with E-state index in [0.717, 1.165) is 11.3 Å². The van der Waals surface area contributed by atoms with Gasteiger partial charge in [0.05, 0.1) is 6.54 Å². The highest BCUT2D eigenvalue weighted by molar-refractivity contribution is 5.92. The fourth-order valence-electron chi connectivity index (χ4n) is 3.95. The first-order chi connectivity index (χ1) is 16.5. The summed E-state index contributed by atoms with van der Waals surface area (Å²) >= 11 is 0. The zero-order chi connectivity index (χ0) is 23.8. The van der Waals surface area contributed by atoms with Crippen LogP contribution in [0.25, 0.3) is 0 Å². The van der Waals surface area contributed by atoms with Crippen molar-refractivity contribution >= 4 is 17.5 Å². The van der Waals surface area contributed by atoms with Crippen LogP contribution in [0.15, 0.2) is 78.9 Å². The van der Waals surface area contributed by atoms with Crippen LogP contribution in [0.4, 0.5) is 10.1 Å². The fraction of sp³-hybridized carbons (Fsp3) is 0.259. The zero-order valence-corrected chi connectivity index (χ0v) is 18.9. The molecular weight excluding hydrogens is 433 g/mol. The van der Waals surface area contributed by atoms with Crippen molar-refractivity contribution < 1.29 is 18.7 Å². The third-order valence-electron chi connectivity index (χ3n) is 5.80. The summed E-state index contributed by atoms with van der Waals surface area (Å²) in [6.45, 7) is 2.01. The summed E-state index contributed by atoms with van der Waals surface area (Å²) in [5.41, 5.74) is 1.54. The largest absolute Gasteiger partial charge is 0.457 e. The molecule has 176 valence electrons. The van der Waals surface area contributed by atoms with E-state index in [1.165, 1.54) is 12.1 Å². The number of carbonyl (C=O) groups is 2. The van der Waals surface area contributed by atoms with Crippen LogP contribution in [0.3, 0.4) is 0 Å². The van der Waals surface area contributed by atoms with Crippen LogP contribution >= 0.6 is 0 Å². The number of nitrogens with zero attached hydrogens (tertiary/aromatic N) is 1. The Morgan fingerprint density at radius 2 is 1.62 bits per heavy atom. The van der Waals surface area contributed by atoms with Crippen LogP contribution in [-0.4, -0.2) is 36.3 Å². The van der Waals surface area contributed by atoms with Crippen LogP contribution in [0.5, 0.6) is 11.5 Å². The zero-order valence-electron chi connectivity index (χ0n) is 18.9. The molecule has 2 amide bonds. The number of ether oxygens (including phenoxy) is 1. The number of amides is 2. The number of hydrogen-bond acceptors (Lipinski definition) is 4. The van der Waals surface area contributed by atoms with Crippen LogP contribution < -0.4 is 15.4 Å². The fourth-order valence-corrected chi connectivity index (χ4v) is 3.95. The van der Waals surface area contributed by atoms with Gasteiger partial charge in [0, 0.05) is 24.2 Å². The minimum Gasteiger partial charge on any atom is -0.457 e. The minimum atomic E-state index is -0.292. The minimum absolute atomic E-state index is 0.00339. The van der Waals surface area contributed by atoms with E-state index in [0.29, 0.717) is 43.9 Å². The summed E-state index contributed by atoms with van der Waals surface area (Å²) in [6, 6.07) is 22.9. The molecule has 0 spiro atoms. The van der Waals surface area contributed by atoms with Gasteiger partial charge in [-0.1, -0.05) is 36.4 Å². The molecule has 1 aliphatic heterocycles. The smallest absolute Gasteiger partial charge is 0.238 e. The van der Waals surface area contributed by atoms with Crippen molar-refractivity contribution in [3.05, 3.63) is 90.2 Å². The quantitative estimate of drug-likeness (QED) is 0.515. The monoisotopic (exact) mass is 461 g/mol. The SMILES string of the molecule is O=C(CN1CCC(C(=O)NCc2ccc(F)cc2)CC1)Nc1cccc(Oc2ccccc2)c1. The van der Waals surface area contributed by atoms with E-state index in [2.05, 4.69) is 15.5 Å². The maximum absolute atomic E-state index is 13.0. The summed E-state index contributed by atoms with van der Waals surface area (Å²) in [5, 5.41) is 5.85. The van der Waals surface area contributed by atoms with Crippen LogP contribution in [0.2, 0.25) is 0 Å². The summed E-state index contributed by atoms with van der Waals surface area (Å²) in [4.78, 5) is 27.1. The molecule has 0 aliphatic carbocycles. The van der Waals surface area contributed by atoms with Crippen molar-refractivity contribution in [2.75, 3.05) is 25.0 Å². The van der Waals surface area contributed by atoms with Crippen molar-refractivity contribution in [3.8, 4) is 11.5 Å².